The summed E-state index contributed by atoms with van der Waals surface area (Å²) in [5.74, 6) is 0.130. The predicted octanol–water partition coefficient (Wildman–Crippen LogP) is 2.67. The van der Waals surface area contributed by atoms with Gasteiger partial charge in [-0.2, -0.15) is 0 Å². The molecule has 1 nitrogen and oxygen atoms in total. The third kappa shape index (κ3) is 2.93. The summed E-state index contributed by atoms with van der Waals surface area (Å²) in [6, 6.07) is 8.27. The molecule has 1 aromatic carbocycles. The number of hydrogen-bond acceptors (Lipinski definition) is 1. The lowest BCUT2D eigenvalue weighted by atomic mass is 10.0. The highest BCUT2D eigenvalue weighted by Crippen LogP contribution is 2.10. The summed E-state index contributed by atoms with van der Waals surface area (Å²) in [4.78, 5) is 10.4. The fraction of sp³-hybridized carbons (Fsp3) is 0.300. The molecule has 0 saturated heterocycles. The maximum absolute atomic E-state index is 10.4. The van der Waals surface area contributed by atoms with Gasteiger partial charge in [0.25, 0.3) is 0 Å². The monoisotopic (exact) mass is 274 g/mol. The lowest BCUT2D eigenvalue weighted by Crippen LogP contribution is -2.00. The van der Waals surface area contributed by atoms with Gasteiger partial charge >= 0.3 is 0 Å². The molecule has 0 amide bonds. The van der Waals surface area contributed by atoms with E-state index in [1.54, 1.807) is 0 Å². The van der Waals surface area contributed by atoms with Crippen LogP contribution in [0.2, 0.25) is 0 Å². The van der Waals surface area contributed by atoms with Gasteiger partial charge in [0.05, 0.1) is 0 Å². The van der Waals surface area contributed by atoms with Crippen LogP contribution in [0.15, 0.2) is 24.3 Å². The molecule has 1 unspecified atom stereocenters. The Morgan fingerprint density at radius 1 is 1.42 bits per heavy atom. The second-order valence-corrected chi connectivity index (χ2v) is 4.19. The standard InChI is InChI=1S/C10H11IO/c1-8(7-12)6-9-2-4-10(11)5-3-9/h2-5,7-8H,6H2,1H3. The van der Waals surface area contributed by atoms with Gasteiger partial charge in [0.15, 0.2) is 0 Å². The van der Waals surface area contributed by atoms with Gasteiger partial charge in [0.2, 0.25) is 0 Å². The van der Waals surface area contributed by atoms with Crippen molar-refractivity contribution in [1.82, 2.24) is 0 Å². The van der Waals surface area contributed by atoms with Crippen LogP contribution in [0.1, 0.15) is 12.5 Å². The fourth-order valence-electron chi connectivity index (χ4n) is 1.04. The number of benzene rings is 1. The number of carbonyl (C=O) groups is 1. The summed E-state index contributed by atoms with van der Waals surface area (Å²) in [5.41, 5.74) is 1.23. The van der Waals surface area contributed by atoms with Crippen LogP contribution < -0.4 is 0 Å². The normalized spacial score (nSPS) is 12.5. The van der Waals surface area contributed by atoms with Crippen LogP contribution in [0, 0.1) is 9.49 Å². The molecule has 1 rings (SSSR count). The Balaban J connectivity index is 2.64. The van der Waals surface area contributed by atoms with E-state index in [0.717, 1.165) is 12.7 Å². The van der Waals surface area contributed by atoms with Crippen molar-refractivity contribution in [2.75, 3.05) is 0 Å². The van der Waals surface area contributed by atoms with Crippen LogP contribution in [0.25, 0.3) is 0 Å². The minimum atomic E-state index is 0.130. The second-order valence-electron chi connectivity index (χ2n) is 2.94. The number of carbonyl (C=O) groups excluding carboxylic acids is 1. The van der Waals surface area contributed by atoms with E-state index >= 15 is 0 Å². The molecule has 0 aromatic heterocycles. The van der Waals surface area contributed by atoms with Crippen LogP contribution in [0.4, 0.5) is 0 Å². The van der Waals surface area contributed by atoms with Crippen molar-refractivity contribution < 1.29 is 4.79 Å². The number of halogens is 1. The average molecular weight is 274 g/mol. The summed E-state index contributed by atoms with van der Waals surface area (Å²) in [6.45, 7) is 1.94. The first-order valence-corrected chi connectivity index (χ1v) is 5.00. The molecule has 64 valence electrons. The molecule has 12 heavy (non-hydrogen) atoms. The van der Waals surface area contributed by atoms with Crippen LogP contribution in [0.3, 0.4) is 0 Å². The van der Waals surface area contributed by atoms with Crippen molar-refractivity contribution in [3.8, 4) is 0 Å². The van der Waals surface area contributed by atoms with Gasteiger partial charge in [-0.05, 0) is 46.7 Å². The quantitative estimate of drug-likeness (QED) is 0.611. The first kappa shape index (κ1) is 9.71. The summed E-state index contributed by atoms with van der Waals surface area (Å²) in [5, 5.41) is 0. The van der Waals surface area contributed by atoms with Gasteiger partial charge in [-0.1, -0.05) is 19.1 Å². The SMILES string of the molecule is CC(C=O)Cc1ccc(I)cc1. The molecule has 0 fully saturated rings. The van der Waals surface area contributed by atoms with Gasteiger partial charge in [-0.25, -0.2) is 0 Å². The summed E-state index contributed by atoms with van der Waals surface area (Å²) >= 11 is 2.27. The average Bonchev–Trinajstić information content (AvgIpc) is 2.09. The zero-order chi connectivity index (χ0) is 8.97. The van der Waals surface area contributed by atoms with E-state index in [4.69, 9.17) is 0 Å². The first-order valence-electron chi connectivity index (χ1n) is 3.92. The molecule has 1 aromatic rings. The molecule has 0 spiro atoms. The summed E-state index contributed by atoms with van der Waals surface area (Å²) < 4.78 is 1.23. The smallest absolute Gasteiger partial charge is 0.123 e. The molecule has 0 aliphatic heterocycles. The van der Waals surface area contributed by atoms with Crippen molar-refractivity contribution >= 4 is 28.9 Å². The third-order valence-electron chi connectivity index (χ3n) is 1.70. The van der Waals surface area contributed by atoms with E-state index in [2.05, 4.69) is 46.9 Å². The number of hydrogen-bond donors (Lipinski definition) is 0. The molecular weight excluding hydrogens is 263 g/mol. The van der Waals surface area contributed by atoms with Gasteiger partial charge in [-0.15, -0.1) is 0 Å². The topological polar surface area (TPSA) is 17.1 Å². The molecule has 0 radical (unpaired) electrons. The maximum Gasteiger partial charge on any atom is 0.123 e. The largest absolute Gasteiger partial charge is 0.303 e. The third-order valence-corrected chi connectivity index (χ3v) is 2.42. The molecule has 0 bridgehead atoms. The van der Waals surface area contributed by atoms with Crippen molar-refractivity contribution in [1.29, 1.82) is 0 Å². The van der Waals surface area contributed by atoms with Crippen LogP contribution in [-0.4, -0.2) is 6.29 Å². The minimum Gasteiger partial charge on any atom is -0.303 e. The highest BCUT2D eigenvalue weighted by molar-refractivity contribution is 14.1. The molecule has 0 N–H and O–H groups in total. The zero-order valence-corrected chi connectivity index (χ0v) is 9.11. The van der Waals surface area contributed by atoms with E-state index < -0.39 is 0 Å². The van der Waals surface area contributed by atoms with Crippen molar-refractivity contribution in [3.63, 3.8) is 0 Å². The van der Waals surface area contributed by atoms with E-state index in [9.17, 15) is 4.79 Å². The van der Waals surface area contributed by atoms with Gasteiger partial charge in [0, 0.05) is 9.49 Å². The van der Waals surface area contributed by atoms with Crippen molar-refractivity contribution in [2.24, 2.45) is 5.92 Å². The molecular formula is C10H11IO. The van der Waals surface area contributed by atoms with Crippen molar-refractivity contribution in [2.45, 2.75) is 13.3 Å². The Morgan fingerprint density at radius 3 is 2.50 bits per heavy atom. The predicted molar refractivity (Wildman–Crippen MR) is 58.1 cm³/mol. The summed E-state index contributed by atoms with van der Waals surface area (Å²) in [7, 11) is 0. The summed E-state index contributed by atoms with van der Waals surface area (Å²) in [6.07, 6.45) is 1.85. The highest BCUT2D eigenvalue weighted by Gasteiger charge is 2.00. The van der Waals surface area contributed by atoms with Gasteiger partial charge < -0.3 is 4.79 Å². The van der Waals surface area contributed by atoms with Gasteiger partial charge in [0.1, 0.15) is 6.29 Å². The Labute approximate surface area is 86.3 Å². The molecule has 0 aliphatic carbocycles. The Hall–Kier alpha value is -0.380. The minimum absolute atomic E-state index is 0.130. The lowest BCUT2D eigenvalue weighted by molar-refractivity contribution is -0.110. The van der Waals surface area contributed by atoms with Gasteiger partial charge in [-0.3, -0.25) is 0 Å². The molecule has 0 aliphatic rings. The molecule has 2 heteroatoms. The van der Waals surface area contributed by atoms with Crippen LogP contribution in [-0.2, 0) is 11.2 Å². The number of rotatable bonds is 3. The Morgan fingerprint density at radius 2 is 2.00 bits per heavy atom. The second kappa shape index (κ2) is 4.60. The lowest BCUT2D eigenvalue weighted by Gasteiger charge is -2.02. The Bertz CT molecular complexity index is 253. The van der Waals surface area contributed by atoms with E-state index in [-0.39, 0.29) is 5.92 Å². The molecule has 0 saturated carbocycles. The molecule has 1 atom stereocenters. The van der Waals surface area contributed by atoms with Crippen LogP contribution in [0.5, 0.6) is 0 Å². The highest BCUT2D eigenvalue weighted by atomic mass is 127. The van der Waals surface area contributed by atoms with Crippen molar-refractivity contribution in [3.05, 3.63) is 33.4 Å². The zero-order valence-electron chi connectivity index (χ0n) is 6.96. The number of aldehydes is 1. The fourth-order valence-corrected chi connectivity index (χ4v) is 1.40. The molecule has 0 heterocycles. The van der Waals surface area contributed by atoms with Crippen LogP contribution >= 0.6 is 22.6 Å². The van der Waals surface area contributed by atoms with E-state index in [1.807, 2.05) is 6.92 Å². The van der Waals surface area contributed by atoms with E-state index in [1.165, 1.54) is 9.13 Å². The maximum atomic E-state index is 10.4. The van der Waals surface area contributed by atoms with E-state index in [0.29, 0.717) is 0 Å². The Kier molecular flexibility index (Phi) is 3.72. The first-order chi connectivity index (χ1) is 5.72.